The second-order valence-electron chi connectivity index (χ2n) is 8.80. The second kappa shape index (κ2) is 10.1. The molecule has 0 aliphatic carbocycles. The van der Waals surface area contributed by atoms with Crippen molar-refractivity contribution in [2.24, 2.45) is 0 Å². The number of hydrogen-bond acceptors (Lipinski definition) is 6. The Morgan fingerprint density at radius 3 is 2.69 bits per heavy atom. The standard InChI is InChI=1S/C27H28N6O2/c1-3-25(26-29-30-31-33(26)18-23-10-7-13-35-23)32(16-20-8-5-4-6-9-20)17-22-15-21-12-11-19(2)14-24(21)28-27(22)34/h4-15,25H,3,16-18H2,1-2H3,(H,28,34)/t25-/m0/s1. The van der Waals surface area contributed by atoms with Gasteiger partial charge in [-0.3, -0.25) is 9.69 Å². The van der Waals surface area contributed by atoms with Gasteiger partial charge in [0.25, 0.3) is 5.56 Å². The molecule has 0 amide bonds. The lowest BCUT2D eigenvalue weighted by Crippen LogP contribution is -2.32. The molecule has 5 rings (SSSR count). The maximum absolute atomic E-state index is 13.1. The summed E-state index contributed by atoms with van der Waals surface area (Å²) in [4.78, 5) is 18.4. The summed E-state index contributed by atoms with van der Waals surface area (Å²) in [5.41, 5.74) is 3.75. The molecular formula is C27H28N6O2. The van der Waals surface area contributed by atoms with Crippen LogP contribution in [0.3, 0.4) is 0 Å². The highest BCUT2D eigenvalue weighted by molar-refractivity contribution is 5.79. The zero-order chi connectivity index (χ0) is 24.2. The van der Waals surface area contributed by atoms with Gasteiger partial charge in [-0.25, -0.2) is 4.68 Å². The molecule has 2 aromatic carbocycles. The molecular weight excluding hydrogens is 440 g/mol. The number of H-pyrrole nitrogens is 1. The zero-order valence-corrected chi connectivity index (χ0v) is 19.9. The van der Waals surface area contributed by atoms with Gasteiger partial charge < -0.3 is 9.40 Å². The minimum atomic E-state index is -0.103. The summed E-state index contributed by atoms with van der Waals surface area (Å²) in [6.07, 6.45) is 2.42. The largest absolute Gasteiger partial charge is 0.467 e. The predicted octanol–water partition coefficient (Wildman–Crippen LogP) is 4.62. The third-order valence-electron chi connectivity index (χ3n) is 6.25. The van der Waals surface area contributed by atoms with Crippen molar-refractivity contribution >= 4 is 10.9 Å². The molecule has 0 saturated carbocycles. The van der Waals surface area contributed by atoms with E-state index in [4.69, 9.17) is 4.42 Å². The Balaban J connectivity index is 1.51. The maximum Gasteiger partial charge on any atom is 0.252 e. The molecule has 0 bridgehead atoms. The Morgan fingerprint density at radius 2 is 1.91 bits per heavy atom. The fourth-order valence-corrected chi connectivity index (χ4v) is 4.51. The molecule has 35 heavy (non-hydrogen) atoms. The number of aromatic amines is 1. The van der Waals surface area contributed by atoms with Crippen molar-refractivity contribution in [3.63, 3.8) is 0 Å². The van der Waals surface area contributed by atoms with Crippen LogP contribution in [0.1, 0.15) is 47.7 Å². The number of pyridine rings is 1. The van der Waals surface area contributed by atoms with Crippen LogP contribution in [0.15, 0.2) is 82.2 Å². The minimum Gasteiger partial charge on any atom is -0.467 e. The Morgan fingerprint density at radius 1 is 1.06 bits per heavy atom. The van der Waals surface area contributed by atoms with Gasteiger partial charge in [-0.2, -0.15) is 0 Å². The van der Waals surface area contributed by atoms with Crippen LogP contribution in [-0.2, 0) is 19.6 Å². The molecule has 1 atom stereocenters. The number of tetrazole rings is 1. The molecule has 8 nitrogen and oxygen atoms in total. The number of aromatic nitrogens is 5. The van der Waals surface area contributed by atoms with Crippen molar-refractivity contribution in [3.05, 3.63) is 112 Å². The third-order valence-corrected chi connectivity index (χ3v) is 6.25. The van der Waals surface area contributed by atoms with E-state index in [1.165, 1.54) is 0 Å². The normalized spacial score (nSPS) is 12.4. The van der Waals surface area contributed by atoms with Crippen molar-refractivity contribution in [3.8, 4) is 0 Å². The molecule has 0 aliphatic rings. The second-order valence-corrected chi connectivity index (χ2v) is 8.80. The van der Waals surface area contributed by atoms with Gasteiger partial charge in [0.05, 0.1) is 12.3 Å². The van der Waals surface area contributed by atoms with Crippen molar-refractivity contribution < 1.29 is 4.42 Å². The van der Waals surface area contributed by atoms with Crippen molar-refractivity contribution in [2.45, 2.75) is 45.9 Å². The molecule has 8 heteroatoms. The molecule has 0 saturated heterocycles. The van der Waals surface area contributed by atoms with Gasteiger partial charge in [0.1, 0.15) is 12.3 Å². The van der Waals surface area contributed by atoms with Gasteiger partial charge in [0, 0.05) is 24.2 Å². The van der Waals surface area contributed by atoms with Crippen LogP contribution in [0.4, 0.5) is 0 Å². The Hall–Kier alpha value is -4.04. The lowest BCUT2D eigenvalue weighted by Gasteiger charge is -2.30. The fraction of sp³-hybridized carbons (Fsp3) is 0.259. The summed E-state index contributed by atoms with van der Waals surface area (Å²) >= 11 is 0. The van der Waals surface area contributed by atoms with Gasteiger partial charge in [0.2, 0.25) is 0 Å². The van der Waals surface area contributed by atoms with Crippen LogP contribution in [0.25, 0.3) is 10.9 Å². The summed E-state index contributed by atoms with van der Waals surface area (Å²) in [5.74, 6) is 1.52. The summed E-state index contributed by atoms with van der Waals surface area (Å²) in [6.45, 7) is 5.69. The molecule has 0 aliphatic heterocycles. The van der Waals surface area contributed by atoms with Crippen molar-refractivity contribution in [1.29, 1.82) is 0 Å². The summed E-state index contributed by atoms with van der Waals surface area (Å²) in [7, 11) is 0. The lowest BCUT2D eigenvalue weighted by atomic mass is 10.1. The van der Waals surface area contributed by atoms with Crippen LogP contribution < -0.4 is 5.56 Å². The summed E-state index contributed by atoms with van der Waals surface area (Å²) in [5, 5.41) is 13.6. The van der Waals surface area contributed by atoms with Crippen LogP contribution in [0, 0.1) is 6.92 Å². The number of rotatable bonds is 9. The van der Waals surface area contributed by atoms with Gasteiger partial charge in [-0.15, -0.1) is 5.10 Å². The third kappa shape index (κ3) is 5.07. The van der Waals surface area contributed by atoms with Gasteiger partial charge in [-0.1, -0.05) is 49.4 Å². The summed E-state index contributed by atoms with van der Waals surface area (Å²) < 4.78 is 7.29. The zero-order valence-electron chi connectivity index (χ0n) is 19.9. The first-order valence-electron chi connectivity index (χ1n) is 11.8. The molecule has 3 heterocycles. The highest BCUT2D eigenvalue weighted by atomic mass is 16.3. The number of nitrogens with one attached hydrogen (secondary N) is 1. The van der Waals surface area contributed by atoms with E-state index in [2.05, 4.69) is 50.5 Å². The molecule has 0 unspecified atom stereocenters. The SMILES string of the molecule is CC[C@@H](c1nnnn1Cc1ccco1)N(Cc1ccccc1)Cc1cc2ccc(C)cc2[nH]c1=O. The van der Waals surface area contributed by atoms with Gasteiger partial charge >= 0.3 is 0 Å². The monoisotopic (exact) mass is 468 g/mol. The number of aryl methyl sites for hydroxylation is 1. The average Bonchev–Trinajstić information content (AvgIpc) is 3.54. The Kier molecular flexibility index (Phi) is 6.54. The minimum absolute atomic E-state index is 0.0776. The molecule has 3 aromatic heterocycles. The van der Waals surface area contributed by atoms with E-state index in [0.717, 1.165) is 40.0 Å². The fourth-order valence-electron chi connectivity index (χ4n) is 4.51. The first-order valence-corrected chi connectivity index (χ1v) is 11.8. The van der Waals surface area contributed by atoms with Crippen LogP contribution in [0.2, 0.25) is 0 Å². The average molecular weight is 469 g/mol. The Bertz CT molecular complexity index is 1460. The highest BCUT2D eigenvalue weighted by Gasteiger charge is 2.26. The molecule has 5 aromatic rings. The van der Waals surface area contributed by atoms with E-state index >= 15 is 0 Å². The highest BCUT2D eigenvalue weighted by Crippen LogP contribution is 2.27. The number of nitrogens with zero attached hydrogens (tertiary/aromatic N) is 5. The summed E-state index contributed by atoms with van der Waals surface area (Å²) in [6, 6.07) is 22.0. The van der Waals surface area contributed by atoms with E-state index in [1.807, 2.05) is 55.5 Å². The maximum atomic E-state index is 13.1. The van der Waals surface area contributed by atoms with Crippen molar-refractivity contribution in [2.75, 3.05) is 0 Å². The van der Waals surface area contributed by atoms with Crippen LogP contribution >= 0.6 is 0 Å². The predicted molar refractivity (Wildman–Crippen MR) is 134 cm³/mol. The molecule has 0 radical (unpaired) electrons. The van der Waals surface area contributed by atoms with E-state index in [1.54, 1.807) is 10.9 Å². The number of hydrogen-bond donors (Lipinski definition) is 1. The molecule has 1 N–H and O–H groups in total. The molecule has 0 spiro atoms. The van der Waals surface area contributed by atoms with E-state index < -0.39 is 0 Å². The number of furan rings is 1. The lowest BCUT2D eigenvalue weighted by molar-refractivity contribution is 0.161. The van der Waals surface area contributed by atoms with Gasteiger partial charge in [-0.05, 0) is 64.5 Å². The Labute approximate surface area is 203 Å². The van der Waals surface area contributed by atoms with Crippen LogP contribution in [-0.4, -0.2) is 30.1 Å². The number of benzene rings is 2. The topological polar surface area (TPSA) is 92.8 Å². The number of fused-ring (bicyclic) bond motifs is 1. The first-order chi connectivity index (χ1) is 17.1. The van der Waals surface area contributed by atoms with E-state index in [-0.39, 0.29) is 11.6 Å². The van der Waals surface area contributed by atoms with Crippen LogP contribution in [0.5, 0.6) is 0 Å². The quantitative estimate of drug-likeness (QED) is 0.339. The smallest absolute Gasteiger partial charge is 0.252 e. The first kappa shape index (κ1) is 22.7. The van der Waals surface area contributed by atoms with E-state index in [0.29, 0.717) is 25.2 Å². The van der Waals surface area contributed by atoms with Crippen molar-refractivity contribution in [1.82, 2.24) is 30.1 Å². The molecule has 178 valence electrons. The van der Waals surface area contributed by atoms with Gasteiger partial charge in [0.15, 0.2) is 5.82 Å². The molecule has 0 fully saturated rings. The van der Waals surface area contributed by atoms with E-state index in [9.17, 15) is 4.79 Å².